The Morgan fingerprint density at radius 2 is 1.76 bits per heavy atom. The van der Waals surface area contributed by atoms with E-state index in [-0.39, 0.29) is 28.9 Å². The van der Waals surface area contributed by atoms with Gasteiger partial charge in [0.2, 0.25) is 5.91 Å². The van der Waals surface area contributed by atoms with Gasteiger partial charge in [-0.1, -0.05) is 33.6 Å². The molecule has 0 aliphatic heterocycles. The summed E-state index contributed by atoms with van der Waals surface area (Å²) in [6.45, 7) is 7.42. The minimum atomic E-state index is -0.302. The van der Waals surface area contributed by atoms with Gasteiger partial charge in [-0.25, -0.2) is 0 Å². The summed E-state index contributed by atoms with van der Waals surface area (Å²) in [7, 11) is 4.00. The lowest BCUT2D eigenvalue weighted by molar-refractivity contribution is -0.131. The van der Waals surface area contributed by atoms with Crippen molar-refractivity contribution in [3.63, 3.8) is 0 Å². The van der Waals surface area contributed by atoms with E-state index in [0.717, 1.165) is 32.2 Å². The number of rotatable bonds is 6. The number of Topliss-reactive ketones (excluding diaryl/α,β-unsaturated/α-hetero) is 1. The van der Waals surface area contributed by atoms with E-state index >= 15 is 0 Å². The SMILES string of the molecule is CN(C)CCNC(=O)[C@H]1CCCC[C@H]1CC(=O)C(C)(C)C. The number of hydrogen-bond donors (Lipinski definition) is 1. The summed E-state index contributed by atoms with van der Waals surface area (Å²) in [5.74, 6) is 0.667. The number of carbonyl (C=O) groups is 2. The average molecular weight is 296 g/mol. The summed E-state index contributed by atoms with van der Waals surface area (Å²) in [5, 5.41) is 3.03. The number of hydrogen-bond acceptors (Lipinski definition) is 3. The Labute approximate surface area is 129 Å². The van der Waals surface area contributed by atoms with E-state index in [4.69, 9.17) is 0 Å². The van der Waals surface area contributed by atoms with E-state index in [0.29, 0.717) is 13.0 Å². The number of amides is 1. The van der Waals surface area contributed by atoms with Crippen LogP contribution in [0.5, 0.6) is 0 Å². The highest BCUT2D eigenvalue weighted by Gasteiger charge is 2.34. The van der Waals surface area contributed by atoms with Crippen LogP contribution in [0.3, 0.4) is 0 Å². The second-order valence-electron chi connectivity index (χ2n) is 7.62. The summed E-state index contributed by atoms with van der Waals surface area (Å²) in [4.78, 5) is 26.7. The predicted octanol–water partition coefficient (Wildman–Crippen LogP) is 2.48. The molecule has 2 atom stereocenters. The standard InChI is InChI=1S/C17H32N2O2/c1-17(2,3)15(20)12-13-8-6-7-9-14(13)16(21)18-10-11-19(4)5/h13-14H,6-12H2,1-5H3,(H,18,21)/t13-,14-/m0/s1. The first-order valence-electron chi connectivity index (χ1n) is 8.17. The van der Waals surface area contributed by atoms with E-state index in [1.807, 2.05) is 34.9 Å². The molecule has 1 aliphatic rings. The number of likely N-dealkylation sites (N-methyl/N-ethyl adjacent to an activating group) is 1. The molecule has 0 aromatic carbocycles. The summed E-state index contributed by atoms with van der Waals surface area (Å²) < 4.78 is 0. The van der Waals surface area contributed by atoms with Crippen LogP contribution in [0.15, 0.2) is 0 Å². The van der Waals surface area contributed by atoms with Gasteiger partial charge >= 0.3 is 0 Å². The molecule has 21 heavy (non-hydrogen) atoms. The van der Waals surface area contributed by atoms with Crippen LogP contribution in [-0.2, 0) is 9.59 Å². The molecule has 1 N–H and O–H groups in total. The second-order valence-corrected chi connectivity index (χ2v) is 7.62. The largest absolute Gasteiger partial charge is 0.355 e. The van der Waals surface area contributed by atoms with Crippen LogP contribution >= 0.6 is 0 Å². The molecular formula is C17H32N2O2. The molecular weight excluding hydrogens is 264 g/mol. The molecule has 0 spiro atoms. The zero-order valence-corrected chi connectivity index (χ0v) is 14.4. The lowest BCUT2D eigenvalue weighted by atomic mass is 9.73. The first-order chi connectivity index (χ1) is 9.71. The maximum atomic E-state index is 12.4. The van der Waals surface area contributed by atoms with E-state index in [1.165, 1.54) is 0 Å². The molecule has 1 aliphatic carbocycles. The Kier molecular flexibility index (Phi) is 6.85. The second kappa shape index (κ2) is 7.92. The fourth-order valence-electron chi connectivity index (χ4n) is 2.88. The van der Waals surface area contributed by atoms with Crippen LogP contribution in [0.4, 0.5) is 0 Å². The fraction of sp³-hybridized carbons (Fsp3) is 0.882. The topological polar surface area (TPSA) is 49.4 Å². The summed E-state index contributed by atoms with van der Waals surface area (Å²) in [5.41, 5.74) is -0.302. The van der Waals surface area contributed by atoms with Crippen LogP contribution < -0.4 is 5.32 Å². The molecule has 0 saturated heterocycles. The Morgan fingerprint density at radius 3 is 2.33 bits per heavy atom. The van der Waals surface area contributed by atoms with Gasteiger partial charge in [0.25, 0.3) is 0 Å². The lowest BCUT2D eigenvalue weighted by Crippen LogP contribution is -2.40. The zero-order valence-electron chi connectivity index (χ0n) is 14.4. The molecule has 1 amide bonds. The third-order valence-corrected chi connectivity index (χ3v) is 4.39. The van der Waals surface area contributed by atoms with Crippen molar-refractivity contribution in [1.82, 2.24) is 10.2 Å². The molecule has 1 fully saturated rings. The Hall–Kier alpha value is -0.900. The quantitative estimate of drug-likeness (QED) is 0.819. The van der Waals surface area contributed by atoms with Crippen LogP contribution in [0.1, 0.15) is 52.9 Å². The molecule has 1 rings (SSSR count). The van der Waals surface area contributed by atoms with Crippen LogP contribution in [0.2, 0.25) is 0 Å². The summed E-state index contributed by atoms with van der Waals surface area (Å²) >= 11 is 0. The van der Waals surface area contributed by atoms with Crippen molar-refractivity contribution in [2.75, 3.05) is 27.2 Å². The molecule has 4 heteroatoms. The Balaban J connectivity index is 2.56. The summed E-state index contributed by atoms with van der Waals surface area (Å²) in [6.07, 6.45) is 4.73. The van der Waals surface area contributed by atoms with E-state index in [1.54, 1.807) is 0 Å². The van der Waals surface area contributed by atoms with Crippen molar-refractivity contribution in [3.8, 4) is 0 Å². The third-order valence-electron chi connectivity index (χ3n) is 4.39. The molecule has 0 aromatic rings. The van der Waals surface area contributed by atoms with Crippen molar-refractivity contribution in [2.45, 2.75) is 52.9 Å². The maximum Gasteiger partial charge on any atom is 0.223 e. The molecule has 0 radical (unpaired) electrons. The van der Waals surface area contributed by atoms with Crippen LogP contribution in [0, 0.1) is 17.3 Å². The average Bonchev–Trinajstić information content (AvgIpc) is 2.37. The van der Waals surface area contributed by atoms with Gasteiger partial charge in [0, 0.05) is 30.8 Å². The van der Waals surface area contributed by atoms with Gasteiger partial charge in [-0.2, -0.15) is 0 Å². The highest BCUT2D eigenvalue weighted by molar-refractivity contribution is 5.85. The monoisotopic (exact) mass is 296 g/mol. The molecule has 4 nitrogen and oxygen atoms in total. The predicted molar refractivity (Wildman–Crippen MR) is 86.1 cm³/mol. The van der Waals surface area contributed by atoms with Gasteiger partial charge < -0.3 is 10.2 Å². The van der Waals surface area contributed by atoms with Crippen molar-refractivity contribution >= 4 is 11.7 Å². The minimum absolute atomic E-state index is 0.0206. The minimum Gasteiger partial charge on any atom is -0.355 e. The van der Waals surface area contributed by atoms with Crippen LogP contribution in [-0.4, -0.2) is 43.8 Å². The molecule has 0 heterocycles. The lowest BCUT2D eigenvalue weighted by Gasteiger charge is -2.32. The summed E-state index contributed by atoms with van der Waals surface area (Å²) in [6, 6.07) is 0. The highest BCUT2D eigenvalue weighted by Crippen LogP contribution is 2.34. The van der Waals surface area contributed by atoms with Gasteiger partial charge in [0.15, 0.2) is 0 Å². The van der Waals surface area contributed by atoms with Gasteiger partial charge in [-0.3, -0.25) is 9.59 Å². The number of nitrogens with one attached hydrogen (secondary N) is 1. The Bertz CT molecular complexity index is 358. The van der Waals surface area contributed by atoms with Crippen molar-refractivity contribution < 1.29 is 9.59 Å². The van der Waals surface area contributed by atoms with Crippen LogP contribution in [0.25, 0.3) is 0 Å². The molecule has 0 unspecified atom stereocenters. The molecule has 0 aromatic heterocycles. The molecule has 0 bridgehead atoms. The number of carbonyl (C=O) groups excluding carboxylic acids is 2. The van der Waals surface area contributed by atoms with Gasteiger partial charge in [0.1, 0.15) is 5.78 Å². The van der Waals surface area contributed by atoms with Gasteiger partial charge in [0.05, 0.1) is 0 Å². The van der Waals surface area contributed by atoms with E-state index in [9.17, 15) is 9.59 Å². The smallest absolute Gasteiger partial charge is 0.223 e. The van der Waals surface area contributed by atoms with Crippen molar-refractivity contribution in [3.05, 3.63) is 0 Å². The van der Waals surface area contributed by atoms with Crippen molar-refractivity contribution in [2.24, 2.45) is 17.3 Å². The first kappa shape index (κ1) is 18.1. The Morgan fingerprint density at radius 1 is 1.14 bits per heavy atom. The first-order valence-corrected chi connectivity index (χ1v) is 8.17. The highest BCUT2D eigenvalue weighted by atomic mass is 16.2. The zero-order chi connectivity index (χ0) is 16.0. The normalized spacial score (nSPS) is 23.1. The third kappa shape index (κ3) is 6.16. The van der Waals surface area contributed by atoms with E-state index < -0.39 is 0 Å². The van der Waals surface area contributed by atoms with Gasteiger partial charge in [-0.15, -0.1) is 0 Å². The number of ketones is 1. The van der Waals surface area contributed by atoms with Crippen molar-refractivity contribution in [1.29, 1.82) is 0 Å². The number of nitrogens with zero attached hydrogens (tertiary/aromatic N) is 1. The molecule has 1 saturated carbocycles. The molecule has 122 valence electrons. The fourth-order valence-corrected chi connectivity index (χ4v) is 2.88. The maximum absolute atomic E-state index is 12.4. The van der Waals surface area contributed by atoms with Gasteiger partial charge in [-0.05, 0) is 32.9 Å². The van der Waals surface area contributed by atoms with E-state index in [2.05, 4.69) is 10.2 Å².